The van der Waals surface area contributed by atoms with E-state index in [0.29, 0.717) is 6.54 Å². The van der Waals surface area contributed by atoms with Crippen LogP contribution < -0.4 is 10.0 Å². The Balaban J connectivity index is 3.06. The van der Waals surface area contributed by atoms with E-state index in [1.54, 1.807) is 0 Å². The van der Waals surface area contributed by atoms with E-state index in [1.807, 2.05) is 0 Å². The Morgan fingerprint density at radius 2 is 1.60 bits per heavy atom. The minimum absolute atomic E-state index is 0.529. The van der Waals surface area contributed by atoms with Crippen molar-refractivity contribution in [3.05, 3.63) is 0 Å². The molecule has 0 aromatic rings. The largest absolute Gasteiger partial charge is 0.317 e. The van der Waals surface area contributed by atoms with Gasteiger partial charge in [-0.1, -0.05) is 26.2 Å². The van der Waals surface area contributed by atoms with E-state index in [4.69, 9.17) is 0 Å². The Morgan fingerprint density at radius 1 is 0.933 bits per heavy atom. The molecule has 4 nitrogen and oxygen atoms in total. The van der Waals surface area contributed by atoms with Crippen LogP contribution in [0.1, 0.15) is 39.0 Å². The quantitative estimate of drug-likeness (QED) is 0.558. The van der Waals surface area contributed by atoms with Gasteiger partial charge >= 0.3 is 0 Å². The number of sulfonamides is 1. The van der Waals surface area contributed by atoms with Gasteiger partial charge in [0.25, 0.3) is 0 Å². The van der Waals surface area contributed by atoms with Crippen LogP contribution in [0.25, 0.3) is 0 Å². The summed E-state index contributed by atoms with van der Waals surface area (Å²) < 4.78 is 23.9. The van der Waals surface area contributed by atoms with Gasteiger partial charge in [-0.05, 0) is 25.9 Å². The molecule has 0 heterocycles. The number of nitrogens with one attached hydrogen (secondary N) is 2. The van der Waals surface area contributed by atoms with Crippen molar-refractivity contribution >= 4 is 10.0 Å². The van der Waals surface area contributed by atoms with Crippen molar-refractivity contribution in [2.45, 2.75) is 39.0 Å². The van der Waals surface area contributed by atoms with Crippen molar-refractivity contribution in [2.24, 2.45) is 0 Å². The van der Waals surface area contributed by atoms with Gasteiger partial charge in [-0.25, -0.2) is 13.1 Å². The maximum Gasteiger partial charge on any atom is 0.208 e. The topological polar surface area (TPSA) is 58.2 Å². The van der Waals surface area contributed by atoms with Crippen molar-refractivity contribution in [1.82, 2.24) is 10.0 Å². The third-order valence-corrected chi connectivity index (χ3v) is 2.83. The fourth-order valence-electron chi connectivity index (χ4n) is 1.27. The van der Waals surface area contributed by atoms with Gasteiger partial charge in [-0.2, -0.15) is 0 Å². The fraction of sp³-hybridized carbons (Fsp3) is 1.00. The molecule has 0 aliphatic carbocycles. The lowest BCUT2D eigenvalue weighted by Gasteiger charge is -2.04. The van der Waals surface area contributed by atoms with E-state index >= 15 is 0 Å². The summed E-state index contributed by atoms with van der Waals surface area (Å²) in [6, 6.07) is 0. The van der Waals surface area contributed by atoms with Gasteiger partial charge < -0.3 is 5.32 Å². The average Bonchev–Trinajstić information content (AvgIpc) is 2.14. The summed E-state index contributed by atoms with van der Waals surface area (Å²) in [4.78, 5) is 0. The summed E-state index contributed by atoms with van der Waals surface area (Å²) >= 11 is 0. The second-order valence-electron chi connectivity index (χ2n) is 3.83. The van der Waals surface area contributed by atoms with E-state index in [0.717, 1.165) is 19.5 Å². The molecule has 0 atom stereocenters. The van der Waals surface area contributed by atoms with Crippen molar-refractivity contribution in [2.75, 3.05) is 25.9 Å². The third kappa shape index (κ3) is 13.9. The zero-order valence-electron chi connectivity index (χ0n) is 9.88. The molecule has 0 rings (SSSR count). The highest BCUT2D eigenvalue weighted by molar-refractivity contribution is 7.88. The van der Waals surface area contributed by atoms with Gasteiger partial charge in [0.05, 0.1) is 6.26 Å². The Labute approximate surface area is 93.9 Å². The highest BCUT2D eigenvalue weighted by atomic mass is 32.2. The van der Waals surface area contributed by atoms with Gasteiger partial charge in [0.2, 0.25) is 10.0 Å². The van der Waals surface area contributed by atoms with E-state index in [9.17, 15) is 8.42 Å². The number of unbranched alkanes of at least 4 members (excludes halogenated alkanes) is 3. The standard InChI is InChI=1S/C10H24N2O2S/c1-3-4-5-6-8-11-9-7-10-12-15(2,13)14/h11-12H,3-10H2,1-2H3. The summed E-state index contributed by atoms with van der Waals surface area (Å²) in [5.74, 6) is 0. The van der Waals surface area contributed by atoms with Crippen LogP contribution in [0.3, 0.4) is 0 Å². The molecule has 0 radical (unpaired) electrons. The third-order valence-electron chi connectivity index (χ3n) is 2.10. The second-order valence-corrected chi connectivity index (χ2v) is 5.66. The van der Waals surface area contributed by atoms with Gasteiger partial charge in [0.15, 0.2) is 0 Å². The molecule has 0 saturated carbocycles. The Bertz CT molecular complexity index is 228. The first kappa shape index (κ1) is 14.9. The van der Waals surface area contributed by atoms with E-state index in [2.05, 4.69) is 17.0 Å². The highest BCUT2D eigenvalue weighted by Crippen LogP contribution is 1.96. The molecule has 0 bridgehead atoms. The Kier molecular flexibility index (Phi) is 9.04. The minimum Gasteiger partial charge on any atom is -0.317 e. The fourth-order valence-corrected chi connectivity index (χ4v) is 1.79. The molecule has 0 unspecified atom stereocenters. The highest BCUT2D eigenvalue weighted by Gasteiger charge is 1.97. The Hall–Kier alpha value is -0.130. The van der Waals surface area contributed by atoms with E-state index in [1.165, 1.54) is 31.9 Å². The Morgan fingerprint density at radius 3 is 2.20 bits per heavy atom. The molecular formula is C10H24N2O2S. The maximum atomic E-state index is 10.7. The predicted octanol–water partition coefficient (Wildman–Crippen LogP) is 1.10. The van der Waals surface area contributed by atoms with Crippen LogP contribution in [0.5, 0.6) is 0 Å². The summed E-state index contributed by atoms with van der Waals surface area (Å²) in [6.45, 7) is 4.65. The summed E-state index contributed by atoms with van der Waals surface area (Å²) in [5.41, 5.74) is 0. The molecule has 92 valence electrons. The molecule has 5 heteroatoms. The maximum absolute atomic E-state index is 10.7. The predicted molar refractivity (Wildman–Crippen MR) is 64.5 cm³/mol. The van der Waals surface area contributed by atoms with Crippen molar-refractivity contribution in [1.29, 1.82) is 0 Å². The monoisotopic (exact) mass is 236 g/mol. The summed E-state index contributed by atoms with van der Waals surface area (Å²) in [5, 5.41) is 3.30. The zero-order valence-corrected chi connectivity index (χ0v) is 10.7. The molecule has 0 aliphatic heterocycles. The molecule has 0 aliphatic rings. The van der Waals surface area contributed by atoms with Crippen LogP contribution in [0, 0.1) is 0 Å². The zero-order chi connectivity index (χ0) is 11.6. The average molecular weight is 236 g/mol. The summed E-state index contributed by atoms with van der Waals surface area (Å²) in [7, 11) is -3.01. The normalized spacial score (nSPS) is 11.9. The van der Waals surface area contributed by atoms with Crippen molar-refractivity contribution in [3.63, 3.8) is 0 Å². The second kappa shape index (κ2) is 9.12. The van der Waals surface area contributed by atoms with Crippen LogP contribution in [0.4, 0.5) is 0 Å². The molecular weight excluding hydrogens is 212 g/mol. The molecule has 0 aromatic heterocycles. The molecule has 0 aromatic carbocycles. The first-order valence-corrected chi connectivity index (χ1v) is 7.60. The van der Waals surface area contributed by atoms with Crippen LogP contribution in [0.15, 0.2) is 0 Å². The molecule has 15 heavy (non-hydrogen) atoms. The van der Waals surface area contributed by atoms with Gasteiger partial charge in [0.1, 0.15) is 0 Å². The van der Waals surface area contributed by atoms with Gasteiger partial charge in [0, 0.05) is 6.54 Å². The minimum atomic E-state index is -3.01. The lowest BCUT2D eigenvalue weighted by molar-refractivity contribution is 0.568. The van der Waals surface area contributed by atoms with Crippen LogP contribution in [0.2, 0.25) is 0 Å². The van der Waals surface area contributed by atoms with Crippen LogP contribution in [-0.2, 0) is 10.0 Å². The van der Waals surface area contributed by atoms with Crippen molar-refractivity contribution < 1.29 is 8.42 Å². The van der Waals surface area contributed by atoms with Gasteiger partial charge in [-0.3, -0.25) is 0 Å². The van der Waals surface area contributed by atoms with Crippen LogP contribution in [-0.4, -0.2) is 34.3 Å². The molecule has 0 spiro atoms. The van der Waals surface area contributed by atoms with E-state index < -0.39 is 10.0 Å². The lowest BCUT2D eigenvalue weighted by Crippen LogP contribution is -2.26. The lowest BCUT2D eigenvalue weighted by atomic mass is 10.2. The van der Waals surface area contributed by atoms with Gasteiger partial charge in [-0.15, -0.1) is 0 Å². The number of hydrogen-bond acceptors (Lipinski definition) is 3. The first-order chi connectivity index (χ1) is 7.06. The SMILES string of the molecule is CCCCCCNCCCNS(C)(=O)=O. The van der Waals surface area contributed by atoms with E-state index in [-0.39, 0.29) is 0 Å². The number of hydrogen-bond donors (Lipinski definition) is 2. The van der Waals surface area contributed by atoms with Crippen molar-refractivity contribution in [3.8, 4) is 0 Å². The molecule has 0 saturated heterocycles. The molecule has 2 N–H and O–H groups in total. The smallest absolute Gasteiger partial charge is 0.208 e. The first-order valence-electron chi connectivity index (χ1n) is 5.71. The molecule has 0 fully saturated rings. The molecule has 0 amide bonds. The number of rotatable bonds is 10. The van der Waals surface area contributed by atoms with Crippen LogP contribution >= 0.6 is 0 Å². The summed E-state index contributed by atoms with van der Waals surface area (Å²) in [6.07, 6.45) is 7.10.